The average molecular weight is 1030 g/mol. The van der Waals surface area contributed by atoms with Gasteiger partial charge in [0.1, 0.15) is 13.2 Å². The molecule has 0 aromatic rings. The molecule has 0 aliphatic rings. The Bertz CT molecular complexity index is 1310. The number of allylic oxidation sites excluding steroid dienone is 7. The fraction of sp³-hybridized carbons (Fsp3) is 0.857. The smallest absolute Gasteiger partial charge is 0.387 e. The molecular formula is C63H122N2O6P+. The van der Waals surface area contributed by atoms with Crippen LogP contribution in [-0.2, 0) is 18.4 Å². The lowest BCUT2D eigenvalue weighted by Crippen LogP contribution is -2.45. The average Bonchev–Trinajstić information content (AvgIpc) is 3.34. The van der Waals surface area contributed by atoms with Crippen molar-refractivity contribution in [3.05, 3.63) is 48.6 Å². The first-order chi connectivity index (χ1) is 35.0. The number of hydrogen-bond donors (Lipinski definition) is 3. The molecule has 0 aliphatic carbocycles. The maximum Gasteiger partial charge on any atom is 0.472 e. The number of nitrogens with zero attached hydrogens (tertiary/aromatic N) is 1. The molecule has 0 bridgehead atoms. The Hall–Kier alpha value is -1.54. The monoisotopic (exact) mass is 1030 g/mol. The molecule has 3 N–H and O–H groups in total. The summed E-state index contributed by atoms with van der Waals surface area (Å²) in [4.78, 5) is 23.3. The van der Waals surface area contributed by atoms with Crippen molar-refractivity contribution in [1.29, 1.82) is 0 Å². The van der Waals surface area contributed by atoms with Crippen molar-refractivity contribution in [2.45, 2.75) is 309 Å². The van der Waals surface area contributed by atoms with Gasteiger partial charge in [0, 0.05) is 6.42 Å². The van der Waals surface area contributed by atoms with Crippen molar-refractivity contribution in [3.8, 4) is 0 Å². The van der Waals surface area contributed by atoms with Crippen molar-refractivity contribution >= 4 is 13.7 Å². The van der Waals surface area contributed by atoms with E-state index in [9.17, 15) is 19.4 Å². The van der Waals surface area contributed by atoms with Gasteiger partial charge >= 0.3 is 7.82 Å². The highest BCUT2D eigenvalue weighted by Crippen LogP contribution is 2.43. The lowest BCUT2D eigenvalue weighted by molar-refractivity contribution is -0.870. The number of phosphoric acid groups is 1. The first kappa shape index (κ1) is 70.5. The second-order valence-electron chi connectivity index (χ2n) is 22.4. The number of quaternary nitrogens is 1. The minimum absolute atomic E-state index is 0.0547. The molecule has 0 fully saturated rings. The Balaban J connectivity index is 4.19. The lowest BCUT2D eigenvalue weighted by Gasteiger charge is -2.25. The second kappa shape index (κ2) is 54.3. The van der Waals surface area contributed by atoms with Crippen LogP contribution in [0.1, 0.15) is 296 Å². The number of phosphoric ester groups is 1. The Labute approximate surface area is 448 Å². The molecule has 3 atom stereocenters. The molecule has 0 saturated carbocycles. The van der Waals surface area contributed by atoms with Gasteiger partial charge < -0.3 is 19.8 Å². The van der Waals surface area contributed by atoms with Gasteiger partial charge in [0.15, 0.2) is 0 Å². The van der Waals surface area contributed by atoms with Crippen LogP contribution in [0.5, 0.6) is 0 Å². The fourth-order valence-electron chi connectivity index (χ4n) is 9.15. The first-order valence-corrected chi connectivity index (χ1v) is 32.5. The van der Waals surface area contributed by atoms with Crippen LogP contribution in [-0.4, -0.2) is 73.4 Å². The summed E-state index contributed by atoms with van der Waals surface area (Å²) in [7, 11) is 1.56. The molecule has 72 heavy (non-hydrogen) atoms. The van der Waals surface area contributed by atoms with Crippen LogP contribution in [0, 0.1) is 0 Å². The Kier molecular flexibility index (Phi) is 53.1. The van der Waals surface area contributed by atoms with Crippen molar-refractivity contribution < 1.29 is 32.9 Å². The minimum atomic E-state index is -4.36. The summed E-state index contributed by atoms with van der Waals surface area (Å²) in [5.74, 6) is -0.189. The summed E-state index contributed by atoms with van der Waals surface area (Å²) in [6, 6.07) is -0.868. The second-order valence-corrected chi connectivity index (χ2v) is 23.9. The van der Waals surface area contributed by atoms with Crippen molar-refractivity contribution in [2.75, 3.05) is 40.9 Å². The van der Waals surface area contributed by atoms with Gasteiger partial charge in [-0.2, -0.15) is 0 Å². The van der Waals surface area contributed by atoms with E-state index in [2.05, 4.69) is 55.6 Å². The van der Waals surface area contributed by atoms with E-state index < -0.39 is 20.0 Å². The number of amides is 1. The molecule has 0 aromatic heterocycles. The number of rotatable bonds is 57. The van der Waals surface area contributed by atoms with E-state index in [1.807, 2.05) is 27.2 Å². The number of likely N-dealkylation sites (N-methyl/N-ethyl adjacent to an activating group) is 1. The number of aliphatic hydroxyl groups excluding tert-OH is 1. The number of aliphatic hydroxyl groups is 1. The van der Waals surface area contributed by atoms with Crippen molar-refractivity contribution in [2.24, 2.45) is 0 Å². The molecule has 0 saturated heterocycles. The van der Waals surface area contributed by atoms with E-state index in [0.29, 0.717) is 17.4 Å². The standard InChI is InChI=1S/C63H121N2O6P/c1-6-8-10-12-14-16-18-20-22-24-26-28-29-30-31-32-33-34-35-37-38-40-42-44-46-48-50-52-54-56-62(66)61(60-71-72(68,69)70-59-58-65(3,4)5)64-63(67)57-55-53-51-49-47-45-43-41-39-36-27-25-23-21-19-17-15-13-11-9-7-2/h19,21,25,27,46,48,54,56,61-62,66H,6-18,20,22-24,26,28-45,47,49-53,55,57-60H2,1-5H3,(H-,64,67,68,69)/p+1/b21-19-,27-25-,48-46+,56-54+. The zero-order valence-corrected chi connectivity index (χ0v) is 49.3. The van der Waals surface area contributed by atoms with Crippen LogP contribution in [0.15, 0.2) is 48.6 Å². The highest BCUT2D eigenvalue weighted by molar-refractivity contribution is 7.47. The maximum atomic E-state index is 13.0. The van der Waals surface area contributed by atoms with Crippen LogP contribution in [0.25, 0.3) is 0 Å². The number of nitrogens with one attached hydrogen (secondary N) is 1. The number of carbonyl (C=O) groups excluding carboxylic acids is 1. The summed E-state index contributed by atoms with van der Waals surface area (Å²) >= 11 is 0. The molecule has 0 heterocycles. The maximum absolute atomic E-state index is 13.0. The van der Waals surface area contributed by atoms with Crippen LogP contribution < -0.4 is 5.32 Å². The SMILES string of the molecule is CCCCCCC/C=C\C/C=C\CCCCCCCCCCCC(=O)NC(COP(=O)(O)OCC[N+](C)(C)C)C(O)/C=C/CC/C=C/CCCCCCCCCCCCCCCCCCCCCCCCC. The van der Waals surface area contributed by atoms with Gasteiger partial charge in [-0.05, 0) is 64.2 Å². The van der Waals surface area contributed by atoms with E-state index in [0.717, 1.165) is 44.9 Å². The molecular weight excluding hydrogens is 912 g/mol. The van der Waals surface area contributed by atoms with Gasteiger partial charge in [-0.3, -0.25) is 13.8 Å². The molecule has 0 rings (SSSR count). The predicted molar refractivity (Wildman–Crippen MR) is 314 cm³/mol. The quantitative estimate of drug-likeness (QED) is 0.0243. The third-order valence-corrected chi connectivity index (χ3v) is 15.0. The summed E-state index contributed by atoms with van der Waals surface area (Å²) in [6.45, 7) is 4.82. The largest absolute Gasteiger partial charge is 0.472 e. The molecule has 8 nitrogen and oxygen atoms in total. The van der Waals surface area contributed by atoms with Gasteiger partial charge in [0.05, 0.1) is 39.9 Å². The van der Waals surface area contributed by atoms with Gasteiger partial charge in [-0.25, -0.2) is 4.57 Å². The van der Waals surface area contributed by atoms with Crippen LogP contribution in [0.3, 0.4) is 0 Å². The Morgan fingerprint density at radius 3 is 1.19 bits per heavy atom. The Morgan fingerprint density at radius 2 is 0.806 bits per heavy atom. The highest BCUT2D eigenvalue weighted by atomic mass is 31.2. The topological polar surface area (TPSA) is 105 Å². The lowest BCUT2D eigenvalue weighted by atomic mass is 10.0. The summed E-state index contributed by atoms with van der Waals surface area (Å²) < 4.78 is 23.7. The minimum Gasteiger partial charge on any atom is -0.387 e. The highest BCUT2D eigenvalue weighted by Gasteiger charge is 2.27. The van der Waals surface area contributed by atoms with Crippen molar-refractivity contribution in [1.82, 2.24) is 5.32 Å². The molecule has 0 aliphatic heterocycles. The van der Waals surface area contributed by atoms with Crippen molar-refractivity contribution in [3.63, 3.8) is 0 Å². The number of unbranched alkanes of at least 4 members (excludes halogenated alkanes) is 38. The molecule has 0 radical (unpaired) electrons. The number of hydrogen-bond acceptors (Lipinski definition) is 5. The van der Waals surface area contributed by atoms with E-state index in [1.54, 1.807) is 6.08 Å². The fourth-order valence-corrected chi connectivity index (χ4v) is 9.89. The molecule has 0 spiro atoms. The zero-order valence-electron chi connectivity index (χ0n) is 48.4. The Morgan fingerprint density at radius 1 is 0.472 bits per heavy atom. The van der Waals surface area contributed by atoms with Gasteiger partial charge in [0.2, 0.25) is 5.91 Å². The van der Waals surface area contributed by atoms with Crippen LogP contribution in [0.2, 0.25) is 0 Å². The number of carbonyl (C=O) groups is 1. The van der Waals surface area contributed by atoms with Gasteiger partial charge in [-0.1, -0.05) is 274 Å². The first-order valence-electron chi connectivity index (χ1n) is 31.0. The molecule has 0 aromatic carbocycles. The summed E-state index contributed by atoms with van der Waals surface area (Å²) in [5, 5.41) is 13.9. The third-order valence-electron chi connectivity index (χ3n) is 14.0. The van der Waals surface area contributed by atoms with Gasteiger partial charge in [-0.15, -0.1) is 0 Å². The molecule has 424 valence electrons. The van der Waals surface area contributed by atoms with Crippen LogP contribution in [0.4, 0.5) is 0 Å². The summed E-state index contributed by atoms with van der Waals surface area (Å²) in [6.07, 6.45) is 72.3. The van der Waals surface area contributed by atoms with E-state index in [-0.39, 0.29) is 19.1 Å². The third kappa shape index (κ3) is 56.2. The molecule has 1 amide bonds. The van der Waals surface area contributed by atoms with E-state index >= 15 is 0 Å². The van der Waals surface area contributed by atoms with Gasteiger partial charge in [0.25, 0.3) is 0 Å². The normalized spacial score (nSPS) is 14.2. The predicted octanol–water partition coefficient (Wildman–Crippen LogP) is 19.1. The van der Waals surface area contributed by atoms with E-state index in [1.165, 1.54) is 231 Å². The van der Waals surface area contributed by atoms with E-state index in [4.69, 9.17) is 9.05 Å². The summed E-state index contributed by atoms with van der Waals surface area (Å²) in [5.41, 5.74) is 0. The molecule has 9 heteroatoms. The zero-order chi connectivity index (χ0) is 52.7. The van der Waals surface area contributed by atoms with Crippen LogP contribution >= 0.6 is 7.82 Å². The molecule has 3 unspecified atom stereocenters.